The summed E-state index contributed by atoms with van der Waals surface area (Å²) in [7, 11) is 0. The standard InChI is InChI=1S/C16H24N2O2/c17-14-9-13(12-1-2-12)10-16(11-14)20-15-3-5-18(6-4-15)7-8-19/h9-12,15,19H,1-8,17H2. The van der Waals surface area contributed by atoms with E-state index in [1.165, 1.54) is 18.4 Å². The Morgan fingerprint density at radius 2 is 1.90 bits per heavy atom. The zero-order valence-electron chi connectivity index (χ0n) is 11.9. The fourth-order valence-electron chi connectivity index (χ4n) is 2.95. The Morgan fingerprint density at radius 1 is 1.15 bits per heavy atom. The Balaban J connectivity index is 1.58. The van der Waals surface area contributed by atoms with Crippen molar-refractivity contribution < 1.29 is 9.84 Å². The molecule has 2 fully saturated rings. The minimum absolute atomic E-state index is 0.242. The number of hydrogen-bond donors (Lipinski definition) is 2. The van der Waals surface area contributed by atoms with Crippen molar-refractivity contribution in [3.63, 3.8) is 0 Å². The third-order valence-electron chi connectivity index (χ3n) is 4.25. The molecule has 1 aliphatic carbocycles. The molecule has 0 spiro atoms. The number of aliphatic hydroxyl groups is 1. The lowest BCUT2D eigenvalue weighted by molar-refractivity contribution is 0.0889. The molecule has 0 radical (unpaired) electrons. The molecule has 1 heterocycles. The molecular weight excluding hydrogens is 252 g/mol. The lowest BCUT2D eigenvalue weighted by atomic mass is 10.1. The maximum absolute atomic E-state index is 8.95. The van der Waals surface area contributed by atoms with Crippen LogP contribution in [0, 0.1) is 0 Å². The molecule has 0 atom stereocenters. The van der Waals surface area contributed by atoms with Crippen LogP contribution in [0.1, 0.15) is 37.2 Å². The second-order valence-electron chi connectivity index (χ2n) is 5.99. The monoisotopic (exact) mass is 276 g/mol. The van der Waals surface area contributed by atoms with Crippen molar-refractivity contribution in [1.82, 2.24) is 4.90 Å². The normalized spacial score (nSPS) is 21.1. The minimum atomic E-state index is 0.242. The van der Waals surface area contributed by atoms with Gasteiger partial charge in [-0.1, -0.05) is 0 Å². The lowest BCUT2D eigenvalue weighted by Gasteiger charge is -2.31. The fraction of sp³-hybridized carbons (Fsp3) is 0.625. The molecule has 4 nitrogen and oxygen atoms in total. The fourth-order valence-corrected chi connectivity index (χ4v) is 2.95. The average Bonchev–Trinajstić information content (AvgIpc) is 3.25. The van der Waals surface area contributed by atoms with Gasteiger partial charge in [0.05, 0.1) is 6.61 Å². The molecule has 3 rings (SSSR count). The van der Waals surface area contributed by atoms with Gasteiger partial charge in [-0.05, 0) is 49.3 Å². The Labute approximate surface area is 120 Å². The van der Waals surface area contributed by atoms with E-state index in [9.17, 15) is 0 Å². The average molecular weight is 276 g/mol. The molecule has 0 aromatic heterocycles. The molecule has 0 amide bonds. The number of benzene rings is 1. The Hall–Kier alpha value is -1.26. The van der Waals surface area contributed by atoms with E-state index in [2.05, 4.69) is 17.0 Å². The van der Waals surface area contributed by atoms with Gasteiger partial charge < -0.3 is 20.5 Å². The SMILES string of the molecule is Nc1cc(OC2CCN(CCO)CC2)cc(C2CC2)c1. The van der Waals surface area contributed by atoms with Gasteiger partial charge >= 0.3 is 0 Å². The molecule has 0 unspecified atom stereocenters. The number of piperidine rings is 1. The summed E-state index contributed by atoms with van der Waals surface area (Å²) in [6, 6.07) is 6.18. The first-order valence-electron chi connectivity index (χ1n) is 7.65. The van der Waals surface area contributed by atoms with Gasteiger partial charge in [0.15, 0.2) is 0 Å². The third kappa shape index (κ3) is 3.44. The summed E-state index contributed by atoms with van der Waals surface area (Å²) < 4.78 is 6.11. The van der Waals surface area contributed by atoms with Crippen molar-refractivity contribution in [3.8, 4) is 5.75 Å². The van der Waals surface area contributed by atoms with Crippen LogP contribution in [0.25, 0.3) is 0 Å². The van der Waals surface area contributed by atoms with Crippen LogP contribution in [0.4, 0.5) is 5.69 Å². The molecule has 20 heavy (non-hydrogen) atoms. The van der Waals surface area contributed by atoms with Gasteiger partial charge in [0.1, 0.15) is 11.9 Å². The van der Waals surface area contributed by atoms with Gasteiger partial charge in [-0.15, -0.1) is 0 Å². The van der Waals surface area contributed by atoms with Gasteiger partial charge in [0.2, 0.25) is 0 Å². The lowest BCUT2D eigenvalue weighted by Crippen LogP contribution is -2.39. The van der Waals surface area contributed by atoms with Gasteiger partial charge in [-0.25, -0.2) is 0 Å². The zero-order chi connectivity index (χ0) is 13.9. The minimum Gasteiger partial charge on any atom is -0.490 e. The molecule has 1 saturated heterocycles. The summed E-state index contributed by atoms with van der Waals surface area (Å²) >= 11 is 0. The predicted octanol–water partition coefficient (Wildman–Crippen LogP) is 1.98. The quantitative estimate of drug-likeness (QED) is 0.807. The number of likely N-dealkylation sites (tertiary alicyclic amines) is 1. The second kappa shape index (κ2) is 6.02. The van der Waals surface area contributed by atoms with Gasteiger partial charge in [-0.2, -0.15) is 0 Å². The molecule has 1 aromatic rings. The van der Waals surface area contributed by atoms with Gasteiger partial charge in [0.25, 0.3) is 0 Å². The number of aliphatic hydroxyl groups excluding tert-OH is 1. The summed E-state index contributed by atoms with van der Waals surface area (Å²) in [5, 5.41) is 8.95. The summed E-state index contributed by atoms with van der Waals surface area (Å²) in [5.41, 5.74) is 8.11. The van der Waals surface area contributed by atoms with Crippen molar-refractivity contribution in [3.05, 3.63) is 23.8 Å². The van der Waals surface area contributed by atoms with E-state index in [1.54, 1.807) is 0 Å². The number of nitrogens with two attached hydrogens (primary N) is 1. The Kier molecular flexibility index (Phi) is 4.13. The summed E-state index contributed by atoms with van der Waals surface area (Å²) in [5.74, 6) is 1.62. The largest absolute Gasteiger partial charge is 0.490 e. The second-order valence-corrected chi connectivity index (χ2v) is 5.99. The van der Waals surface area contributed by atoms with Gasteiger partial charge in [-0.3, -0.25) is 0 Å². The Morgan fingerprint density at radius 3 is 2.55 bits per heavy atom. The van der Waals surface area contributed by atoms with Crippen LogP contribution in [0.5, 0.6) is 5.75 Å². The van der Waals surface area contributed by atoms with E-state index in [-0.39, 0.29) is 12.7 Å². The van der Waals surface area contributed by atoms with Crippen molar-refractivity contribution in [1.29, 1.82) is 0 Å². The van der Waals surface area contributed by atoms with Crippen molar-refractivity contribution in [2.45, 2.75) is 37.7 Å². The van der Waals surface area contributed by atoms with Crippen LogP contribution in [-0.4, -0.2) is 42.4 Å². The van der Waals surface area contributed by atoms with Gasteiger partial charge in [0, 0.05) is 31.4 Å². The molecule has 3 N–H and O–H groups in total. The number of anilines is 1. The van der Waals surface area contributed by atoms with E-state index in [1.807, 2.05) is 6.07 Å². The third-order valence-corrected chi connectivity index (χ3v) is 4.25. The molecule has 4 heteroatoms. The molecular formula is C16H24N2O2. The van der Waals surface area contributed by atoms with E-state index < -0.39 is 0 Å². The number of nitrogen functional groups attached to an aromatic ring is 1. The molecule has 1 aliphatic heterocycles. The molecule has 1 aromatic carbocycles. The van der Waals surface area contributed by atoms with Crippen molar-refractivity contribution in [2.75, 3.05) is 32.0 Å². The maximum atomic E-state index is 8.95. The number of hydrogen-bond acceptors (Lipinski definition) is 4. The highest BCUT2D eigenvalue weighted by Crippen LogP contribution is 2.42. The highest BCUT2D eigenvalue weighted by molar-refractivity contribution is 5.49. The first-order chi connectivity index (χ1) is 9.74. The molecule has 1 saturated carbocycles. The smallest absolute Gasteiger partial charge is 0.122 e. The van der Waals surface area contributed by atoms with Crippen LogP contribution >= 0.6 is 0 Å². The first-order valence-corrected chi connectivity index (χ1v) is 7.65. The van der Waals surface area contributed by atoms with E-state index >= 15 is 0 Å². The number of rotatable bonds is 5. The number of ether oxygens (including phenoxy) is 1. The Bertz CT molecular complexity index is 452. The van der Waals surface area contributed by atoms with Crippen LogP contribution in [0.3, 0.4) is 0 Å². The zero-order valence-corrected chi connectivity index (χ0v) is 11.9. The predicted molar refractivity (Wildman–Crippen MR) is 80.0 cm³/mol. The number of nitrogens with zero attached hydrogens (tertiary/aromatic N) is 1. The molecule has 110 valence electrons. The maximum Gasteiger partial charge on any atom is 0.122 e. The van der Waals surface area contributed by atoms with Crippen molar-refractivity contribution in [2.24, 2.45) is 0 Å². The van der Waals surface area contributed by atoms with E-state index in [4.69, 9.17) is 15.6 Å². The topological polar surface area (TPSA) is 58.7 Å². The van der Waals surface area contributed by atoms with E-state index in [0.717, 1.165) is 43.9 Å². The summed E-state index contributed by atoms with van der Waals surface area (Å²) in [6.07, 6.45) is 4.88. The van der Waals surface area contributed by atoms with Crippen LogP contribution < -0.4 is 10.5 Å². The highest BCUT2D eigenvalue weighted by Gasteiger charge is 2.25. The van der Waals surface area contributed by atoms with Crippen LogP contribution in [-0.2, 0) is 0 Å². The first kappa shape index (κ1) is 13.7. The van der Waals surface area contributed by atoms with Crippen LogP contribution in [0.2, 0.25) is 0 Å². The van der Waals surface area contributed by atoms with Crippen molar-refractivity contribution >= 4 is 5.69 Å². The molecule has 0 bridgehead atoms. The molecule has 2 aliphatic rings. The highest BCUT2D eigenvalue weighted by atomic mass is 16.5. The van der Waals surface area contributed by atoms with Crippen LogP contribution in [0.15, 0.2) is 18.2 Å². The number of β-amino-alcohol motifs (C(OH)–C–C–N with tert-alkyl or cyclic N) is 1. The summed E-state index contributed by atoms with van der Waals surface area (Å²) in [4.78, 5) is 2.29. The summed E-state index contributed by atoms with van der Waals surface area (Å²) in [6.45, 7) is 3.02. The van der Waals surface area contributed by atoms with E-state index in [0.29, 0.717) is 5.92 Å².